The molecule has 0 saturated carbocycles. The fourth-order valence-corrected chi connectivity index (χ4v) is 4.78. The summed E-state index contributed by atoms with van der Waals surface area (Å²) < 4.78 is 10.8. The van der Waals surface area contributed by atoms with Crippen LogP contribution in [-0.2, 0) is 19.1 Å². The van der Waals surface area contributed by atoms with Gasteiger partial charge in [-0.05, 0) is 36.2 Å². The maximum absolute atomic E-state index is 13.6. The van der Waals surface area contributed by atoms with Crippen LogP contribution in [-0.4, -0.2) is 73.5 Å². The van der Waals surface area contributed by atoms with Gasteiger partial charge in [0.05, 0.1) is 30.7 Å². The van der Waals surface area contributed by atoms with Crippen LogP contribution in [0.2, 0.25) is 0 Å². The van der Waals surface area contributed by atoms with E-state index in [9.17, 15) is 19.6 Å². The van der Waals surface area contributed by atoms with Crippen LogP contribution in [0.25, 0.3) is 0 Å². The zero-order chi connectivity index (χ0) is 24.8. The van der Waals surface area contributed by atoms with E-state index < -0.39 is 29.9 Å². The second-order valence-electron chi connectivity index (χ2n) is 8.54. The fraction of sp³-hybridized carbons (Fsp3) is 0.385. The van der Waals surface area contributed by atoms with Crippen LogP contribution in [0.1, 0.15) is 23.6 Å². The van der Waals surface area contributed by atoms with Crippen molar-refractivity contribution in [1.29, 1.82) is 5.26 Å². The number of carbonyl (C=O) groups excluding carboxylic acids is 3. The largest absolute Gasteiger partial charge is 0.484 e. The van der Waals surface area contributed by atoms with E-state index in [4.69, 9.17) is 9.47 Å². The van der Waals surface area contributed by atoms with E-state index in [-0.39, 0.29) is 18.9 Å². The zero-order valence-corrected chi connectivity index (χ0v) is 19.6. The van der Waals surface area contributed by atoms with E-state index in [0.29, 0.717) is 43.1 Å². The van der Waals surface area contributed by atoms with Crippen molar-refractivity contribution in [1.82, 2.24) is 15.1 Å². The summed E-state index contributed by atoms with van der Waals surface area (Å²) in [7, 11) is 1.30. The van der Waals surface area contributed by atoms with Gasteiger partial charge >= 0.3 is 5.97 Å². The van der Waals surface area contributed by atoms with E-state index in [2.05, 4.69) is 11.4 Å². The first kappa shape index (κ1) is 24.2. The second-order valence-corrected chi connectivity index (χ2v) is 8.54. The van der Waals surface area contributed by atoms with Crippen molar-refractivity contribution >= 4 is 17.8 Å². The number of nitrogens with zero attached hydrogens (tertiary/aromatic N) is 3. The maximum Gasteiger partial charge on any atom is 0.311 e. The molecule has 0 aliphatic carbocycles. The first-order chi connectivity index (χ1) is 17.0. The monoisotopic (exact) mass is 476 g/mol. The molecule has 3 atom stereocenters. The van der Waals surface area contributed by atoms with E-state index in [1.807, 2.05) is 6.07 Å². The van der Waals surface area contributed by atoms with Gasteiger partial charge in [0.15, 0.2) is 6.61 Å². The third-order valence-corrected chi connectivity index (χ3v) is 6.49. The van der Waals surface area contributed by atoms with Gasteiger partial charge in [-0.3, -0.25) is 14.4 Å². The van der Waals surface area contributed by atoms with Gasteiger partial charge in [-0.2, -0.15) is 5.26 Å². The Kier molecular flexibility index (Phi) is 7.63. The van der Waals surface area contributed by atoms with Gasteiger partial charge in [-0.15, -0.1) is 0 Å². The molecule has 182 valence electrons. The lowest BCUT2D eigenvalue weighted by Gasteiger charge is -2.35. The van der Waals surface area contributed by atoms with Crippen LogP contribution < -0.4 is 10.1 Å². The summed E-state index contributed by atoms with van der Waals surface area (Å²) in [6.45, 7) is 2.12. The Morgan fingerprint density at radius 2 is 1.74 bits per heavy atom. The molecule has 2 aliphatic rings. The van der Waals surface area contributed by atoms with E-state index in [1.54, 1.807) is 53.4 Å². The number of likely N-dealkylation sites (tertiary alicyclic amines) is 1. The van der Waals surface area contributed by atoms with Gasteiger partial charge < -0.3 is 24.6 Å². The molecule has 35 heavy (non-hydrogen) atoms. The normalized spacial score (nSPS) is 21.8. The number of esters is 1. The van der Waals surface area contributed by atoms with E-state index in [0.717, 1.165) is 0 Å². The highest BCUT2D eigenvalue weighted by Crippen LogP contribution is 2.42. The number of nitrogens with one attached hydrogen (secondary N) is 1. The molecule has 0 bridgehead atoms. The Morgan fingerprint density at radius 3 is 2.37 bits per heavy atom. The number of carbonyl (C=O) groups is 3. The fourth-order valence-electron chi connectivity index (χ4n) is 4.78. The standard InChI is InChI=1S/C26H28N4O5/c1-34-26(33)21-15-22(25(32)29-13-11-28-12-14-29)30(23(31)17-35-20-5-3-2-4-6-20)24(21)19-9-7-18(16-27)8-10-19/h2-10,21-22,24,28H,11-15,17H2,1H3. The molecular weight excluding hydrogens is 448 g/mol. The van der Waals surface area contributed by atoms with Crippen LogP contribution in [0.3, 0.4) is 0 Å². The second kappa shape index (κ2) is 11.0. The van der Waals surface area contributed by atoms with Gasteiger partial charge in [0.25, 0.3) is 5.91 Å². The summed E-state index contributed by atoms with van der Waals surface area (Å²) in [6, 6.07) is 16.2. The topological polar surface area (TPSA) is 112 Å². The summed E-state index contributed by atoms with van der Waals surface area (Å²) in [5.41, 5.74) is 1.11. The summed E-state index contributed by atoms with van der Waals surface area (Å²) in [6.07, 6.45) is 0.150. The average molecular weight is 477 g/mol. The SMILES string of the molecule is COC(=O)C1CC(C(=O)N2CCNCC2)N(C(=O)COc2ccccc2)C1c1ccc(C#N)cc1. The molecule has 2 fully saturated rings. The molecule has 2 heterocycles. The molecular formula is C26H28N4O5. The van der Waals surface area contributed by atoms with Crippen LogP contribution in [0, 0.1) is 17.2 Å². The quantitative estimate of drug-likeness (QED) is 0.629. The van der Waals surface area contributed by atoms with Crippen LogP contribution in [0.5, 0.6) is 5.75 Å². The van der Waals surface area contributed by atoms with Crippen molar-refractivity contribution in [2.75, 3.05) is 39.9 Å². The smallest absolute Gasteiger partial charge is 0.311 e. The van der Waals surface area contributed by atoms with Crippen molar-refractivity contribution in [2.45, 2.75) is 18.5 Å². The highest BCUT2D eigenvalue weighted by molar-refractivity contribution is 5.91. The van der Waals surface area contributed by atoms with Gasteiger partial charge in [0, 0.05) is 26.2 Å². The molecule has 0 aromatic heterocycles. The minimum Gasteiger partial charge on any atom is -0.484 e. The lowest BCUT2D eigenvalue weighted by molar-refractivity contribution is -0.149. The molecule has 3 unspecified atom stereocenters. The third-order valence-electron chi connectivity index (χ3n) is 6.49. The van der Waals surface area contributed by atoms with Crippen molar-refractivity contribution in [2.24, 2.45) is 5.92 Å². The maximum atomic E-state index is 13.6. The van der Waals surface area contributed by atoms with E-state index >= 15 is 0 Å². The van der Waals surface area contributed by atoms with Crippen molar-refractivity contribution in [3.63, 3.8) is 0 Å². The molecule has 2 aromatic rings. The van der Waals surface area contributed by atoms with Gasteiger partial charge in [-0.1, -0.05) is 30.3 Å². The Balaban J connectivity index is 1.69. The van der Waals surface area contributed by atoms with Gasteiger partial charge in [-0.25, -0.2) is 0 Å². The molecule has 2 aliphatic heterocycles. The predicted octanol–water partition coefficient (Wildman–Crippen LogP) is 1.50. The Bertz CT molecular complexity index is 1090. The number of amides is 2. The van der Waals surface area contributed by atoms with Crippen LogP contribution in [0.15, 0.2) is 54.6 Å². The highest BCUT2D eigenvalue weighted by Gasteiger charge is 2.51. The van der Waals surface area contributed by atoms with E-state index in [1.165, 1.54) is 12.0 Å². The lowest BCUT2D eigenvalue weighted by atomic mass is 9.92. The van der Waals surface area contributed by atoms with Gasteiger partial charge in [0.2, 0.25) is 5.91 Å². The van der Waals surface area contributed by atoms with Crippen LogP contribution in [0.4, 0.5) is 0 Å². The number of nitriles is 1. The first-order valence-corrected chi connectivity index (χ1v) is 11.6. The molecule has 2 saturated heterocycles. The summed E-state index contributed by atoms with van der Waals surface area (Å²) in [5, 5.41) is 12.4. The molecule has 9 nitrogen and oxygen atoms in total. The average Bonchev–Trinajstić information content (AvgIpc) is 3.32. The summed E-state index contributed by atoms with van der Waals surface area (Å²) in [5.74, 6) is -1.28. The first-order valence-electron chi connectivity index (χ1n) is 11.6. The Morgan fingerprint density at radius 1 is 1.06 bits per heavy atom. The Labute approximate surface area is 204 Å². The number of para-hydroxylation sites is 1. The number of hydrogen-bond donors (Lipinski definition) is 1. The van der Waals surface area contributed by atoms with Gasteiger partial charge in [0.1, 0.15) is 11.8 Å². The molecule has 4 rings (SSSR count). The number of benzene rings is 2. The number of ether oxygens (including phenoxy) is 2. The molecule has 0 spiro atoms. The zero-order valence-electron chi connectivity index (χ0n) is 19.6. The van der Waals surface area contributed by atoms with Crippen molar-refractivity contribution in [3.8, 4) is 11.8 Å². The number of rotatable bonds is 6. The number of piperazine rings is 1. The minimum atomic E-state index is -0.829. The van der Waals surface area contributed by atoms with Crippen molar-refractivity contribution < 1.29 is 23.9 Å². The third kappa shape index (κ3) is 5.28. The number of methoxy groups -OCH3 is 1. The molecule has 1 N–H and O–H groups in total. The minimum absolute atomic E-state index is 0.150. The van der Waals surface area contributed by atoms with Crippen LogP contribution >= 0.6 is 0 Å². The predicted molar refractivity (Wildman–Crippen MR) is 126 cm³/mol. The summed E-state index contributed by atoms with van der Waals surface area (Å²) >= 11 is 0. The molecule has 9 heteroatoms. The van der Waals surface area contributed by atoms with Crippen molar-refractivity contribution in [3.05, 3.63) is 65.7 Å². The molecule has 0 radical (unpaired) electrons. The highest BCUT2D eigenvalue weighted by atomic mass is 16.5. The summed E-state index contributed by atoms with van der Waals surface area (Å²) in [4.78, 5) is 43.2. The molecule has 2 aromatic carbocycles. The lowest BCUT2D eigenvalue weighted by Crippen LogP contribution is -2.54. The Hall–Kier alpha value is -3.90. The number of hydrogen-bond acceptors (Lipinski definition) is 7. The molecule has 2 amide bonds.